The Morgan fingerprint density at radius 3 is 2.89 bits per heavy atom. The molecular formula is C10H13FN2O4S. The molecule has 1 aliphatic rings. The van der Waals surface area contributed by atoms with Crippen LogP contribution in [0.3, 0.4) is 0 Å². The Morgan fingerprint density at radius 1 is 1.67 bits per heavy atom. The lowest BCUT2D eigenvalue weighted by molar-refractivity contribution is -0.0484. The van der Waals surface area contributed by atoms with Crippen LogP contribution in [0.25, 0.3) is 0 Å². The fraction of sp³-hybridized carbons (Fsp3) is 0.600. The highest BCUT2D eigenvalue weighted by Crippen LogP contribution is 2.31. The topological polar surface area (TPSA) is 87.5 Å². The number of aryl methyl sites for hydroxylation is 1. The van der Waals surface area contributed by atoms with Crippen LogP contribution in [0.1, 0.15) is 11.8 Å². The minimum atomic E-state index is -1.72. The summed E-state index contributed by atoms with van der Waals surface area (Å²) in [5.41, 5.74) is -0.00903. The summed E-state index contributed by atoms with van der Waals surface area (Å²) in [7, 11) is 0. The van der Waals surface area contributed by atoms with Crippen molar-refractivity contribution in [3.63, 3.8) is 0 Å². The average molecular weight is 276 g/mol. The summed E-state index contributed by atoms with van der Waals surface area (Å²) in [4.78, 5) is 13.7. The van der Waals surface area contributed by atoms with Crippen LogP contribution < -0.4 is 5.56 Å². The first-order valence-electron chi connectivity index (χ1n) is 5.36. The van der Waals surface area contributed by atoms with Gasteiger partial charge < -0.3 is 14.9 Å². The number of rotatable bonds is 2. The summed E-state index contributed by atoms with van der Waals surface area (Å²) >= 11 is 4.92. The first-order chi connectivity index (χ1) is 8.45. The molecule has 0 spiro atoms. The highest BCUT2D eigenvalue weighted by Gasteiger charge is 2.44. The Morgan fingerprint density at radius 2 is 2.33 bits per heavy atom. The minimum Gasteiger partial charge on any atom is -0.394 e. The van der Waals surface area contributed by atoms with Gasteiger partial charge in [0.2, 0.25) is 0 Å². The van der Waals surface area contributed by atoms with E-state index >= 15 is 0 Å². The Kier molecular flexibility index (Phi) is 3.62. The van der Waals surface area contributed by atoms with E-state index in [1.807, 2.05) is 0 Å². The van der Waals surface area contributed by atoms with E-state index in [-0.39, 0.29) is 10.3 Å². The summed E-state index contributed by atoms with van der Waals surface area (Å²) in [5.74, 6) is 0. The average Bonchev–Trinajstić information content (AvgIpc) is 2.61. The van der Waals surface area contributed by atoms with Gasteiger partial charge in [-0.05, 0) is 19.1 Å². The van der Waals surface area contributed by atoms with E-state index in [4.69, 9.17) is 22.1 Å². The molecule has 1 aliphatic heterocycles. The predicted octanol–water partition coefficient (Wildman–Crippen LogP) is -0.197. The number of H-pyrrole nitrogens is 1. The monoisotopic (exact) mass is 276 g/mol. The standard InChI is InChI=1S/C10H13FN2O4S/c1-4-2-13(10(18)12-8(4)16)9-6(11)7(15)5(3-14)17-9/h2,5-7,9,14-15H,3H2,1H3,(H,12,16,18)/t5?,6?,7-,9+/m1/s1. The largest absolute Gasteiger partial charge is 0.394 e. The molecule has 0 amide bonds. The number of alkyl halides is 1. The number of halogens is 1. The number of hydrogen-bond acceptors (Lipinski definition) is 5. The molecule has 8 heteroatoms. The van der Waals surface area contributed by atoms with Gasteiger partial charge in [0.15, 0.2) is 17.2 Å². The van der Waals surface area contributed by atoms with Crippen LogP contribution in [0.15, 0.2) is 11.0 Å². The summed E-state index contributed by atoms with van der Waals surface area (Å²) in [5, 5.41) is 18.5. The number of nitrogens with zero attached hydrogens (tertiary/aromatic N) is 1. The van der Waals surface area contributed by atoms with Crippen LogP contribution in [-0.4, -0.2) is 44.8 Å². The van der Waals surface area contributed by atoms with E-state index < -0.39 is 31.2 Å². The number of aromatic nitrogens is 2. The van der Waals surface area contributed by atoms with E-state index in [9.17, 15) is 14.3 Å². The van der Waals surface area contributed by atoms with E-state index in [2.05, 4.69) is 4.98 Å². The Labute approximate surface area is 107 Å². The number of hydrogen-bond donors (Lipinski definition) is 3. The molecule has 1 aromatic rings. The van der Waals surface area contributed by atoms with Crippen LogP contribution in [0.2, 0.25) is 0 Å². The van der Waals surface area contributed by atoms with Gasteiger partial charge in [-0.25, -0.2) is 4.39 Å². The van der Waals surface area contributed by atoms with Crippen molar-refractivity contribution in [2.45, 2.75) is 31.5 Å². The maximum Gasteiger partial charge on any atom is 0.254 e. The van der Waals surface area contributed by atoms with Crippen LogP contribution >= 0.6 is 12.2 Å². The zero-order valence-corrected chi connectivity index (χ0v) is 10.4. The van der Waals surface area contributed by atoms with Crippen molar-refractivity contribution in [2.75, 3.05) is 6.61 Å². The molecular weight excluding hydrogens is 263 g/mol. The number of aliphatic hydroxyl groups is 2. The summed E-state index contributed by atoms with van der Waals surface area (Å²) in [6.07, 6.45) is -3.93. The molecule has 4 atom stereocenters. The van der Waals surface area contributed by atoms with E-state index in [1.54, 1.807) is 6.92 Å². The quantitative estimate of drug-likeness (QED) is 0.651. The van der Waals surface area contributed by atoms with Gasteiger partial charge in [0.05, 0.1) is 6.61 Å². The lowest BCUT2D eigenvalue weighted by Gasteiger charge is -2.17. The van der Waals surface area contributed by atoms with Crippen LogP contribution in [0.5, 0.6) is 0 Å². The molecule has 1 aromatic heterocycles. The SMILES string of the molecule is Cc1cn([C@H]2OC(CO)[C@@H](O)C2F)c(=S)[nH]c1=O. The summed E-state index contributed by atoms with van der Waals surface area (Å²) < 4.78 is 20.3. The lowest BCUT2D eigenvalue weighted by atomic mass is 10.1. The fourth-order valence-corrected chi connectivity index (χ4v) is 2.10. The van der Waals surface area contributed by atoms with Gasteiger partial charge in [-0.3, -0.25) is 14.3 Å². The Balaban J connectivity index is 2.42. The minimum absolute atomic E-state index is 0.00374. The molecule has 2 heterocycles. The van der Waals surface area contributed by atoms with Gasteiger partial charge in [0.1, 0.15) is 12.2 Å². The molecule has 1 fully saturated rings. The third-order valence-corrected chi connectivity index (χ3v) is 3.21. The second kappa shape index (κ2) is 4.88. The second-order valence-electron chi connectivity index (χ2n) is 4.16. The van der Waals surface area contributed by atoms with Crippen LogP contribution in [0, 0.1) is 11.7 Å². The van der Waals surface area contributed by atoms with E-state index in [1.165, 1.54) is 10.8 Å². The molecule has 0 aromatic carbocycles. The highest BCUT2D eigenvalue weighted by molar-refractivity contribution is 7.71. The second-order valence-corrected chi connectivity index (χ2v) is 4.55. The molecule has 100 valence electrons. The first kappa shape index (κ1) is 13.3. The highest BCUT2D eigenvalue weighted by atomic mass is 32.1. The number of nitrogens with one attached hydrogen (secondary N) is 1. The van der Waals surface area contributed by atoms with Crippen LogP contribution in [-0.2, 0) is 4.74 Å². The Bertz CT molecular complexity index is 558. The normalized spacial score (nSPS) is 31.8. The zero-order chi connectivity index (χ0) is 13.4. The van der Waals surface area contributed by atoms with Crippen molar-refractivity contribution in [1.29, 1.82) is 0 Å². The summed E-state index contributed by atoms with van der Waals surface area (Å²) in [6, 6.07) is 0. The molecule has 2 unspecified atom stereocenters. The lowest BCUT2D eigenvalue weighted by Crippen LogP contribution is -2.30. The van der Waals surface area contributed by atoms with Gasteiger partial charge in [0.25, 0.3) is 5.56 Å². The van der Waals surface area contributed by atoms with Crippen molar-refractivity contribution >= 4 is 12.2 Å². The van der Waals surface area contributed by atoms with Gasteiger partial charge in [0, 0.05) is 11.8 Å². The molecule has 6 nitrogen and oxygen atoms in total. The van der Waals surface area contributed by atoms with Gasteiger partial charge >= 0.3 is 0 Å². The number of aliphatic hydroxyl groups excluding tert-OH is 2. The Hall–Kier alpha value is -1.09. The third-order valence-electron chi connectivity index (χ3n) is 2.89. The maximum absolute atomic E-state index is 13.9. The van der Waals surface area contributed by atoms with E-state index in [0.29, 0.717) is 5.56 Å². The van der Waals surface area contributed by atoms with Gasteiger partial charge in [-0.2, -0.15) is 0 Å². The fourth-order valence-electron chi connectivity index (χ4n) is 1.85. The molecule has 0 aliphatic carbocycles. The molecule has 0 saturated carbocycles. The zero-order valence-electron chi connectivity index (χ0n) is 9.54. The molecule has 0 bridgehead atoms. The van der Waals surface area contributed by atoms with Gasteiger partial charge in [-0.15, -0.1) is 0 Å². The van der Waals surface area contributed by atoms with Crippen molar-refractivity contribution < 1.29 is 19.3 Å². The van der Waals surface area contributed by atoms with Gasteiger partial charge in [-0.1, -0.05) is 0 Å². The molecule has 18 heavy (non-hydrogen) atoms. The van der Waals surface area contributed by atoms with Crippen molar-refractivity contribution in [3.8, 4) is 0 Å². The summed E-state index contributed by atoms with van der Waals surface area (Å²) in [6.45, 7) is 1.06. The van der Waals surface area contributed by atoms with E-state index in [0.717, 1.165) is 0 Å². The first-order valence-corrected chi connectivity index (χ1v) is 5.77. The smallest absolute Gasteiger partial charge is 0.254 e. The molecule has 2 rings (SSSR count). The van der Waals surface area contributed by atoms with Crippen molar-refractivity contribution in [3.05, 3.63) is 26.9 Å². The third kappa shape index (κ3) is 2.12. The maximum atomic E-state index is 13.9. The molecule has 0 radical (unpaired) electrons. The predicted molar refractivity (Wildman–Crippen MR) is 62.5 cm³/mol. The number of ether oxygens (including phenoxy) is 1. The van der Waals surface area contributed by atoms with Crippen LogP contribution in [0.4, 0.5) is 4.39 Å². The van der Waals surface area contributed by atoms with Crippen molar-refractivity contribution in [1.82, 2.24) is 9.55 Å². The van der Waals surface area contributed by atoms with Crippen molar-refractivity contribution in [2.24, 2.45) is 0 Å². The number of aromatic amines is 1. The molecule has 1 saturated heterocycles. The molecule has 3 N–H and O–H groups in total.